The molecule has 8 nitrogen and oxygen atoms in total. The number of carboxylic acid groups (broad SMARTS) is 1. The van der Waals surface area contributed by atoms with Gasteiger partial charge in [-0.1, -0.05) is 9.59 Å². The molecule has 0 saturated heterocycles. The Morgan fingerprint density at radius 1 is 1.47 bits per heavy atom. The van der Waals surface area contributed by atoms with Crippen LogP contribution < -0.4 is 4.72 Å². The van der Waals surface area contributed by atoms with Crippen molar-refractivity contribution in [1.82, 2.24) is 14.8 Å². The first-order chi connectivity index (χ1) is 7.99. The van der Waals surface area contributed by atoms with E-state index in [1.54, 1.807) is 0 Å². The molecule has 17 heavy (non-hydrogen) atoms. The average molecular weight is 292 g/mol. The first-order valence-electron chi connectivity index (χ1n) is 3.99. The highest BCUT2D eigenvalue weighted by molar-refractivity contribution is 7.93. The van der Waals surface area contributed by atoms with E-state index in [1.165, 1.54) is 5.38 Å². The number of thiophene rings is 1. The molecular formula is C6H4N4O4S3. The maximum atomic E-state index is 11.7. The third-order valence-electron chi connectivity index (χ3n) is 1.62. The van der Waals surface area contributed by atoms with E-state index in [-0.39, 0.29) is 14.9 Å². The van der Waals surface area contributed by atoms with Gasteiger partial charge in [0.1, 0.15) is 4.88 Å². The number of sulfonamides is 1. The summed E-state index contributed by atoms with van der Waals surface area (Å²) in [7, 11) is -3.83. The normalized spacial score (nSPS) is 11.3. The fourth-order valence-corrected chi connectivity index (χ4v) is 3.61. The second-order valence-electron chi connectivity index (χ2n) is 2.72. The van der Waals surface area contributed by atoms with Crippen LogP contribution in [-0.2, 0) is 10.0 Å². The number of anilines is 1. The quantitative estimate of drug-likeness (QED) is 0.840. The lowest BCUT2D eigenvalue weighted by molar-refractivity contribution is 0.0702. The van der Waals surface area contributed by atoms with Gasteiger partial charge in [-0.05, 0) is 11.3 Å². The van der Waals surface area contributed by atoms with Crippen molar-refractivity contribution in [2.24, 2.45) is 0 Å². The van der Waals surface area contributed by atoms with Gasteiger partial charge in [0.2, 0.25) is 5.13 Å². The van der Waals surface area contributed by atoms with E-state index in [1.807, 2.05) is 0 Å². The Morgan fingerprint density at radius 2 is 2.24 bits per heavy atom. The Hall–Kier alpha value is -1.59. The number of aromatic carboxylic acids is 1. The number of hydrogen-bond acceptors (Lipinski definition) is 8. The van der Waals surface area contributed by atoms with Crippen LogP contribution in [0.3, 0.4) is 0 Å². The number of aromatic nitrogens is 3. The van der Waals surface area contributed by atoms with Crippen molar-refractivity contribution in [1.29, 1.82) is 0 Å². The van der Waals surface area contributed by atoms with Gasteiger partial charge >= 0.3 is 5.97 Å². The molecule has 11 heteroatoms. The van der Waals surface area contributed by atoms with Gasteiger partial charge in [-0.3, -0.25) is 4.72 Å². The largest absolute Gasteiger partial charge is 0.477 e. The highest BCUT2D eigenvalue weighted by Crippen LogP contribution is 2.21. The van der Waals surface area contributed by atoms with Crippen molar-refractivity contribution in [3.63, 3.8) is 0 Å². The minimum absolute atomic E-state index is 0.0214. The van der Waals surface area contributed by atoms with Crippen molar-refractivity contribution in [2.75, 3.05) is 4.72 Å². The lowest BCUT2D eigenvalue weighted by Gasteiger charge is -2.00. The predicted molar refractivity (Wildman–Crippen MR) is 59.8 cm³/mol. The molecule has 0 unspecified atom stereocenters. The molecule has 2 aromatic heterocycles. The Morgan fingerprint density at radius 3 is 2.76 bits per heavy atom. The molecule has 2 rings (SSSR count). The summed E-state index contributed by atoms with van der Waals surface area (Å²) < 4.78 is 29.0. The third kappa shape index (κ3) is 2.57. The summed E-state index contributed by atoms with van der Waals surface area (Å²) in [4.78, 5) is 10.4. The van der Waals surface area contributed by atoms with Crippen molar-refractivity contribution >= 4 is 44.0 Å². The van der Waals surface area contributed by atoms with E-state index in [0.29, 0.717) is 0 Å². The number of rotatable bonds is 4. The predicted octanol–water partition coefficient (Wildman–Crippen LogP) is 0.494. The van der Waals surface area contributed by atoms with Crippen LogP contribution in [0, 0.1) is 0 Å². The first kappa shape index (κ1) is 11.9. The molecule has 2 N–H and O–H groups in total. The summed E-state index contributed by atoms with van der Waals surface area (Å²) >= 11 is 1.61. The smallest absolute Gasteiger partial charge is 0.345 e. The fraction of sp³-hybridized carbons (Fsp3) is 0. The molecule has 0 fully saturated rings. The van der Waals surface area contributed by atoms with Crippen LogP contribution in [-0.4, -0.2) is 34.3 Å². The zero-order chi connectivity index (χ0) is 12.5. The van der Waals surface area contributed by atoms with Crippen molar-refractivity contribution < 1.29 is 18.3 Å². The summed E-state index contributed by atoms with van der Waals surface area (Å²) in [5.74, 6) is -1.17. The van der Waals surface area contributed by atoms with Gasteiger partial charge in [0.05, 0.1) is 4.90 Å². The summed E-state index contributed by atoms with van der Waals surface area (Å²) in [5.41, 5.74) is 0. The van der Waals surface area contributed by atoms with Crippen LogP contribution in [0.15, 0.2) is 16.3 Å². The maximum absolute atomic E-state index is 11.7. The van der Waals surface area contributed by atoms with E-state index in [4.69, 9.17) is 5.11 Å². The van der Waals surface area contributed by atoms with Crippen LogP contribution in [0.4, 0.5) is 5.13 Å². The van der Waals surface area contributed by atoms with Crippen LogP contribution in [0.25, 0.3) is 0 Å². The summed E-state index contributed by atoms with van der Waals surface area (Å²) in [6.07, 6.45) is 0. The molecule has 90 valence electrons. The van der Waals surface area contributed by atoms with Gasteiger partial charge < -0.3 is 5.11 Å². The molecule has 0 spiro atoms. The van der Waals surface area contributed by atoms with E-state index >= 15 is 0 Å². The van der Waals surface area contributed by atoms with Gasteiger partial charge in [0.25, 0.3) is 10.0 Å². The van der Waals surface area contributed by atoms with Gasteiger partial charge in [-0.15, -0.1) is 11.3 Å². The minimum Gasteiger partial charge on any atom is -0.477 e. The molecule has 0 aliphatic rings. The molecule has 2 heterocycles. The van der Waals surface area contributed by atoms with Gasteiger partial charge in [0, 0.05) is 16.9 Å². The second kappa shape index (κ2) is 4.35. The van der Waals surface area contributed by atoms with Crippen molar-refractivity contribution in [3.8, 4) is 0 Å². The Bertz CT molecular complexity index is 632. The standard InChI is InChI=1S/C6H4N4O4S3/c11-5(12)4-1-3(2-15-4)17(13,14)8-6-7-9-10-16-6/h1-2H,(H,11,12)(H,7,8,10). The highest BCUT2D eigenvalue weighted by Gasteiger charge is 2.19. The average Bonchev–Trinajstić information content (AvgIpc) is 2.84. The Kier molecular flexibility index (Phi) is 3.04. The minimum atomic E-state index is -3.83. The SMILES string of the molecule is O=C(O)c1cc(S(=O)(=O)Nc2nnns2)cs1. The molecular weight excluding hydrogens is 288 g/mol. The number of carbonyl (C=O) groups is 1. The molecule has 0 radical (unpaired) electrons. The highest BCUT2D eigenvalue weighted by atomic mass is 32.2. The van der Waals surface area contributed by atoms with Gasteiger partial charge in [-0.25, -0.2) is 13.2 Å². The molecule has 2 aromatic rings. The Labute approximate surface area is 103 Å². The van der Waals surface area contributed by atoms with E-state index in [9.17, 15) is 13.2 Å². The van der Waals surface area contributed by atoms with Crippen molar-refractivity contribution in [3.05, 3.63) is 16.3 Å². The number of nitrogens with zero attached hydrogens (tertiary/aromatic N) is 3. The zero-order valence-electron chi connectivity index (χ0n) is 7.89. The lowest BCUT2D eigenvalue weighted by atomic mass is 10.5. The van der Waals surface area contributed by atoms with Gasteiger partial charge in [0.15, 0.2) is 0 Å². The van der Waals surface area contributed by atoms with Crippen molar-refractivity contribution in [2.45, 2.75) is 4.90 Å². The summed E-state index contributed by atoms with van der Waals surface area (Å²) in [5, 5.41) is 16.6. The molecule has 0 aliphatic carbocycles. The van der Waals surface area contributed by atoms with Crippen LogP contribution in [0.2, 0.25) is 0 Å². The fourth-order valence-electron chi connectivity index (χ4n) is 0.919. The first-order valence-corrected chi connectivity index (χ1v) is 7.12. The maximum Gasteiger partial charge on any atom is 0.345 e. The number of hydrogen-bond donors (Lipinski definition) is 2. The third-order valence-corrected chi connectivity index (χ3v) is 4.64. The topological polar surface area (TPSA) is 122 Å². The van der Waals surface area contributed by atoms with Crippen LogP contribution in [0.5, 0.6) is 0 Å². The Balaban J connectivity index is 2.28. The lowest BCUT2D eigenvalue weighted by Crippen LogP contribution is -2.12. The molecule has 0 aliphatic heterocycles. The van der Waals surface area contributed by atoms with Crippen LogP contribution >= 0.6 is 22.9 Å². The van der Waals surface area contributed by atoms with Gasteiger partial charge in [-0.2, -0.15) is 0 Å². The second-order valence-corrected chi connectivity index (χ2v) is 6.05. The molecule has 0 aromatic carbocycles. The van der Waals surface area contributed by atoms with E-state index < -0.39 is 16.0 Å². The molecule has 0 saturated carbocycles. The number of carboxylic acids is 1. The monoisotopic (exact) mass is 292 g/mol. The molecule has 0 atom stereocenters. The summed E-state index contributed by atoms with van der Waals surface area (Å²) in [6, 6.07) is 1.07. The number of nitrogens with one attached hydrogen (secondary N) is 1. The molecule has 0 amide bonds. The van der Waals surface area contributed by atoms with Crippen LogP contribution in [0.1, 0.15) is 9.67 Å². The molecule has 0 bridgehead atoms. The van der Waals surface area contributed by atoms with E-state index in [0.717, 1.165) is 28.9 Å². The summed E-state index contributed by atoms with van der Waals surface area (Å²) in [6.45, 7) is 0. The zero-order valence-corrected chi connectivity index (χ0v) is 10.3. The van der Waals surface area contributed by atoms with E-state index in [2.05, 4.69) is 19.5 Å².